The van der Waals surface area contributed by atoms with Crippen LogP contribution in [-0.2, 0) is 22.7 Å². The Balaban J connectivity index is 1.88. The van der Waals surface area contributed by atoms with Crippen LogP contribution < -0.4 is 11.1 Å². The van der Waals surface area contributed by atoms with E-state index in [1.54, 1.807) is 6.20 Å². The monoisotopic (exact) mass is 460 g/mol. The van der Waals surface area contributed by atoms with Gasteiger partial charge in [-0.1, -0.05) is 32.0 Å². The fourth-order valence-corrected chi connectivity index (χ4v) is 4.06. The zero-order valence-corrected chi connectivity index (χ0v) is 20.4. The van der Waals surface area contributed by atoms with Crippen molar-refractivity contribution in [1.29, 1.82) is 0 Å². The number of imidazole rings is 1. The second-order valence-corrected chi connectivity index (χ2v) is 9.45. The Bertz CT molecular complexity index is 1330. The van der Waals surface area contributed by atoms with Crippen LogP contribution in [0, 0.1) is 5.92 Å². The Morgan fingerprint density at radius 2 is 2.00 bits per heavy atom. The van der Waals surface area contributed by atoms with Crippen LogP contribution in [-0.4, -0.2) is 37.6 Å². The minimum Gasteiger partial charge on any atom is -0.382 e. The summed E-state index contributed by atoms with van der Waals surface area (Å²) in [6.07, 6.45) is 3.58. The van der Waals surface area contributed by atoms with Gasteiger partial charge in [-0.15, -0.1) is 0 Å². The van der Waals surface area contributed by atoms with Gasteiger partial charge in [0.15, 0.2) is 5.82 Å². The molecule has 4 rings (SSSR count). The van der Waals surface area contributed by atoms with E-state index in [4.69, 9.17) is 15.5 Å². The van der Waals surface area contributed by atoms with Gasteiger partial charge < -0.3 is 20.4 Å². The molecule has 0 aliphatic heterocycles. The summed E-state index contributed by atoms with van der Waals surface area (Å²) in [5.41, 5.74) is 10.2. The number of hydrogen-bond acceptors (Lipinski definition) is 6. The summed E-state index contributed by atoms with van der Waals surface area (Å²) in [6, 6.07) is 10.1. The summed E-state index contributed by atoms with van der Waals surface area (Å²) in [5, 5.41) is 4.10. The third-order valence-electron chi connectivity index (χ3n) is 5.75. The van der Waals surface area contributed by atoms with Crippen molar-refractivity contribution in [2.75, 3.05) is 12.3 Å². The van der Waals surface area contributed by atoms with Crippen molar-refractivity contribution < 1.29 is 9.53 Å². The average Bonchev–Trinajstić information content (AvgIpc) is 3.15. The molecule has 0 aliphatic rings. The number of nitrogen functional groups attached to an aromatic ring is 1. The smallest absolute Gasteiger partial charge is 0.223 e. The summed E-state index contributed by atoms with van der Waals surface area (Å²) in [5.74, 6) is 1.02. The molecule has 0 bridgehead atoms. The maximum absolute atomic E-state index is 12.5. The first-order valence-corrected chi connectivity index (χ1v) is 11.6. The van der Waals surface area contributed by atoms with E-state index >= 15 is 0 Å². The minimum absolute atomic E-state index is 0.00734. The summed E-state index contributed by atoms with van der Waals surface area (Å²) < 4.78 is 7.82. The van der Waals surface area contributed by atoms with E-state index in [2.05, 4.69) is 32.0 Å². The highest BCUT2D eigenvalue weighted by Crippen LogP contribution is 2.32. The summed E-state index contributed by atoms with van der Waals surface area (Å²) in [7, 11) is 0. The molecule has 0 atom stereocenters. The number of fused-ring (bicyclic) bond motifs is 3. The second kappa shape index (κ2) is 9.38. The van der Waals surface area contributed by atoms with Crippen molar-refractivity contribution in [2.24, 2.45) is 5.92 Å². The van der Waals surface area contributed by atoms with Gasteiger partial charge in [-0.2, -0.15) is 0 Å². The number of carbonyl (C=O) groups excluding carboxylic acids is 1. The molecule has 1 amide bonds. The molecule has 0 radical (unpaired) electrons. The van der Waals surface area contributed by atoms with Crippen molar-refractivity contribution in [3.8, 4) is 11.1 Å². The number of aromatic nitrogens is 4. The molecule has 3 aromatic heterocycles. The fraction of sp³-hybridized carbons (Fsp3) is 0.385. The predicted molar refractivity (Wildman–Crippen MR) is 135 cm³/mol. The lowest BCUT2D eigenvalue weighted by Crippen LogP contribution is -2.48. The van der Waals surface area contributed by atoms with Crippen LogP contribution in [0.5, 0.6) is 0 Å². The lowest BCUT2D eigenvalue weighted by Gasteiger charge is -2.29. The van der Waals surface area contributed by atoms with Crippen molar-refractivity contribution in [1.82, 2.24) is 24.8 Å². The molecular formula is C26H32N6O2. The fourth-order valence-electron chi connectivity index (χ4n) is 4.06. The number of anilines is 1. The zero-order valence-electron chi connectivity index (χ0n) is 20.4. The number of pyridine rings is 2. The molecule has 0 saturated carbocycles. The summed E-state index contributed by atoms with van der Waals surface area (Å²) in [4.78, 5) is 26.1. The van der Waals surface area contributed by atoms with Crippen molar-refractivity contribution in [2.45, 2.75) is 53.3 Å². The molecule has 3 heterocycles. The number of benzene rings is 1. The van der Waals surface area contributed by atoms with Gasteiger partial charge in [-0.25, -0.2) is 9.97 Å². The first kappa shape index (κ1) is 23.6. The number of nitrogens with zero attached hydrogens (tertiary/aromatic N) is 4. The molecule has 4 aromatic rings. The molecule has 0 unspecified atom stereocenters. The molecule has 0 saturated heterocycles. The standard InChI is InChI=1S/C26H32N6O2/c1-6-34-14-21-30-22-23(32(21)15-26(4,5)31-25(33)16(2)3)19-10-9-17(12-20(19)29-24(22)27)18-8-7-11-28-13-18/h7-13,16H,6,14-15H2,1-5H3,(H2,27,29)(H,31,33). The van der Waals surface area contributed by atoms with Gasteiger partial charge in [0.1, 0.15) is 17.9 Å². The molecule has 0 aliphatic carbocycles. The Hall–Kier alpha value is -3.52. The predicted octanol–water partition coefficient (Wildman–Crippen LogP) is 4.32. The zero-order chi connectivity index (χ0) is 24.5. The van der Waals surface area contributed by atoms with Gasteiger partial charge in [0.2, 0.25) is 5.91 Å². The normalized spacial score (nSPS) is 12.1. The Kier molecular flexibility index (Phi) is 6.52. The Morgan fingerprint density at radius 1 is 1.21 bits per heavy atom. The minimum atomic E-state index is -0.518. The number of rotatable bonds is 8. The number of ether oxygens (including phenoxy) is 1. The van der Waals surface area contributed by atoms with E-state index in [1.807, 2.05) is 59.0 Å². The van der Waals surface area contributed by atoms with Crippen LogP contribution in [0.2, 0.25) is 0 Å². The van der Waals surface area contributed by atoms with Gasteiger partial charge in [0.05, 0.1) is 16.6 Å². The molecule has 8 nitrogen and oxygen atoms in total. The third kappa shape index (κ3) is 4.72. The third-order valence-corrected chi connectivity index (χ3v) is 5.75. The molecule has 178 valence electrons. The van der Waals surface area contributed by atoms with Gasteiger partial charge in [-0.3, -0.25) is 9.78 Å². The molecule has 34 heavy (non-hydrogen) atoms. The van der Waals surface area contributed by atoms with E-state index in [0.717, 1.165) is 33.4 Å². The number of nitrogens with one attached hydrogen (secondary N) is 1. The molecule has 0 spiro atoms. The quantitative estimate of drug-likeness (QED) is 0.405. The first-order chi connectivity index (χ1) is 16.2. The van der Waals surface area contributed by atoms with Crippen molar-refractivity contribution >= 4 is 33.7 Å². The van der Waals surface area contributed by atoms with Crippen LogP contribution in [0.1, 0.15) is 40.4 Å². The van der Waals surface area contributed by atoms with Crippen molar-refractivity contribution in [3.63, 3.8) is 0 Å². The van der Waals surface area contributed by atoms with Gasteiger partial charge in [0, 0.05) is 42.4 Å². The van der Waals surface area contributed by atoms with E-state index in [0.29, 0.717) is 31.1 Å². The van der Waals surface area contributed by atoms with Crippen LogP contribution in [0.15, 0.2) is 42.7 Å². The van der Waals surface area contributed by atoms with Gasteiger partial charge >= 0.3 is 0 Å². The van der Waals surface area contributed by atoms with Crippen LogP contribution in [0.3, 0.4) is 0 Å². The number of amides is 1. The summed E-state index contributed by atoms with van der Waals surface area (Å²) in [6.45, 7) is 11.2. The molecule has 0 fully saturated rings. The average molecular weight is 461 g/mol. The van der Waals surface area contributed by atoms with Crippen LogP contribution in [0.25, 0.3) is 33.1 Å². The van der Waals surface area contributed by atoms with Crippen molar-refractivity contribution in [3.05, 3.63) is 48.5 Å². The number of carbonyl (C=O) groups is 1. The lowest BCUT2D eigenvalue weighted by atomic mass is 10.0. The highest BCUT2D eigenvalue weighted by molar-refractivity contribution is 6.07. The van der Waals surface area contributed by atoms with E-state index < -0.39 is 5.54 Å². The maximum Gasteiger partial charge on any atom is 0.223 e. The lowest BCUT2D eigenvalue weighted by molar-refractivity contribution is -0.125. The SMILES string of the molecule is CCOCc1nc2c(N)nc3cc(-c4cccnc4)ccc3c2n1CC(C)(C)NC(=O)C(C)C. The van der Waals surface area contributed by atoms with E-state index in [-0.39, 0.29) is 11.8 Å². The van der Waals surface area contributed by atoms with Gasteiger partial charge in [0.25, 0.3) is 0 Å². The molecule has 1 aromatic carbocycles. The van der Waals surface area contributed by atoms with Crippen LogP contribution >= 0.6 is 0 Å². The van der Waals surface area contributed by atoms with Gasteiger partial charge in [-0.05, 0) is 38.5 Å². The first-order valence-electron chi connectivity index (χ1n) is 11.6. The number of nitrogens with two attached hydrogens (primary N) is 1. The van der Waals surface area contributed by atoms with Crippen LogP contribution in [0.4, 0.5) is 5.82 Å². The van der Waals surface area contributed by atoms with E-state index in [1.165, 1.54) is 0 Å². The summed E-state index contributed by atoms with van der Waals surface area (Å²) >= 11 is 0. The second-order valence-electron chi connectivity index (χ2n) is 9.45. The largest absolute Gasteiger partial charge is 0.382 e. The molecular weight excluding hydrogens is 428 g/mol. The highest BCUT2D eigenvalue weighted by atomic mass is 16.5. The topological polar surface area (TPSA) is 108 Å². The van der Waals surface area contributed by atoms with E-state index in [9.17, 15) is 4.79 Å². The molecule has 8 heteroatoms. The highest BCUT2D eigenvalue weighted by Gasteiger charge is 2.26. The molecule has 3 N–H and O–H groups in total. The Morgan fingerprint density at radius 3 is 2.68 bits per heavy atom. The maximum atomic E-state index is 12.5. The number of hydrogen-bond donors (Lipinski definition) is 2. The Labute approximate surface area is 199 Å².